The Bertz CT molecular complexity index is 916. The zero-order valence-electron chi connectivity index (χ0n) is 18.3. The van der Waals surface area contributed by atoms with Gasteiger partial charge in [0, 0.05) is 22.5 Å². The number of hydrogen-bond donors (Lipinski definition) is 1. The highest BCUT2D eigenvalue weighted by Gasteiger charge is 2.49. The number of fused-ring (bicyclic) bond motifs is 2. The van der Waals surface area contributed by atoms with E-state index in [0.717, 1.165) is 36.6 Å². The molecule has 1 aromatic carbocycles. The summed E-state index contributed by atoms with van der Waals surface area (Å²) in [5.41, 5.74) is 1.56. The van der Waals surface area contributed by atoms with Crippen LogP contribution in [0.3, 0.4) is 0 Å². The Morgan fingerprint density at radius 1 is 1.03 bits per heavy atom. The molecule has 2 aliphatic carbocycles. The number of pyridine rings is 1. The van der Waals surface area contributed by atoms with E-state index in [9.17, 15) is 9.18 Å². The minimum Gasteiger partial charge on any atom is -0.351 e. The maximum Gasteiger partial charge on any atom is 0.226 e. The van der Waals surface area contributed by atoms with Crippen LogP contribution in [0.25, 0.3) is 10.9 Å². The molecule has 2 fully saturated rings. The molecular weight excluding hydrogens is 363 g/mol. The van der Waals surface area contributed by atoms with Crippen molar-refractivity contribution in [1.29, 1.82) is 0 Å². The Balaban J connectivity index is 1.48. The first kappa shape index (κ1) is 20.3. The van der Waals surface area contributed by atoms with Crippen LogP contribution in [0, 0.1) is 29.0 Å². The second-order valence-electron chi connectivity index (χ2n) is 10.8. The number of benzene rings is 1. The fourth-order valence-electron chi connectivity index (χ4n) is 5.64. The molecule has 0 radical (unpaired) electrons. The topological polar surface area (TPSA) is 42.0 Å². The summed E-state index contributed by atoms with van der Waals surface area (Å²) in [5.74, 6) is 2.17. The third-order valence-corrected chi connectivity index (χ3v) is 7.29. The highest BCUT2D eigenvalue weighted by Crippen LogP contribution is 2.56. The smallest absolute Gasteiger partial charge is 0.226 e. The van der Waals surface area contributed by atoms with Gasteiger partial charge < -0.3 is 5.32 Å². The summed E-state index contributed by atoms with van der Waals surface area (Å²) in [5, 5.41) is 4.14. The van der Waals surface area contributed by atoms with Crippen molar-refractivity contribution in [1.82, 2.24) is 10.3 Å². The molecule has 3 nitrogen and oxygen atoms in total. The number of nitrogens with zero attached hydrogens (tertiary/aromatic N) is 1. The first-order valence-electron chi connectivity index (χ1n) is 10.9. The van der Waals surface area contributed by atoms with Gasteiger partial charge in [0.2, 0.25) is 5.91 Å². The Labute approximate surface area is 173 Å². The molecule has 4 heteroatoms. The molecule has 2 aromatic rings. The van der Waals surface area contributed by atoms with E-state index < -0.39 is 0 Å². The number of aromatic nitrogens is 1. The number of halogens is 1. The highest BCUT2D eigenvalue weighted by molar-refractivity contribution is 5.83. The van der Waals surface area contributed by atoms with Crippen LogP contribution in [-0.4, -0.2) is 16.4 Å². The van der Waals surface area contributed by atoms with Gasteiger partial charge in [0.15, 0.2) is 0 Å². The van der Waals surface area contributed by atoms with Gasteiger partial charge in [-0.2, -0.15) is 0 Å². The lowest BCUT2D eigenvalue weighted by Crippen LogP contribution is -2.49. The molecular formula is C25H33FN2O. The summed E-state index contributed by atoms with van der Waals surface area (Å²) in [7, 11) is 0. The molecule has 2 aliphatic rings. The van der Waals surface area contributed by atoms with Crippen LogP contribution in [0.1, 0.15) is 71.8 Å². The summed E-state index contributed by atoms with van der Waals surface area (Å²) < 4.78 is 13.8. The van der Waals surface area contributed by atoms with Crippen molar-refractivity contribution >= 4 is 16.8 Å². The average Bonchev–Trinajstić information content (AvgIpc) is 3.19. The normalized spacial score (nSPS) is 27.2. The molecule has 156 valence electrons. The third kappa shape index (κ3) is 3.91. The van der Waals surface area contributed by atoms with Crippen molar-refractivity contribution in [3.8, 4) is 0 Å². The molecule has 0 aliphatic heterocycles. The Hall–Kier alpha value is -1.97. The number of carbonyl (C=O) groups excluding carboxylic acids is 1. The van der Waals surface area contributed by atoms with Gasteiger partial charge in [-0.05, 0) is 100.0 Å². The highest BCUT2D eigenvalue weighted by atomic mass is 19.1. The maximum atomic E-state index is 13.8. The van der Waals surface area contributed by atoms with Gasteiger partial charge in [-0.1, -0.05) is 13.8 Å². The lowest BCUT2D eigenvalue weighted by Gasteiger charge is -2.34. The lowest BCUT2D eigenvalue weighted by molar-refractivity contribution is -0.133. The van der Waals surface area contributed by atoms with E-state index in [1.807, 2.05) is 27.0 Å². The van der Waals surface area contributed by atoms with Crippen LogP contribution in [-0.2, 0) is 4.79 Å². The zero-order valence-corrected chi connectivity index (χ0v) is 18.3. The number of hydrogen-bond acceptors (Lipinski definition) is 2. The molecule has 4 atom stereocenters. The van der Waals surface area contributed by atoms with Crippen molar-refractivity contribution < 1.29 is 9.18 Å². The number of carbonyl (C=O) groups is 1. The summed E-state index contributed by atoms with van der Waals surface area (Å²) in [6.45, 7) is 10.3. The second-order valence-corrected chi connectivity index (χ2v) is 10.8. The van der Waals surface area contributed by atoms with Crippen molar-refractivity contribution in [2.75, 3.05) is 0 Å². The van der Waals surface area contributed by atoms with Gasteiger partial charge >= 0.3 is 0 Å². The average molecular weight is 397 g/mol. The molecule has 1 aromatic heterocycles. The van der Waals surface area contributed by atoms with E-state index in [2.05, 4.69) is 30.2 Å². The minimum absolute atomic E-state index is 0.169. The van der Waals surface area contributed by atoms with E-state index in [4.69, 9.17) is 0 Å². The van der Waals surface area contributed by atoms with Gasteiger partial charge in [-0.25, -0.2) is 4.39 Å². The van der Waals surface area contributed by atoms with E-state index >= 15 is 0 Å². The molecule has 1 N–H and O–H groups in total. The van der Waals surface area contributed by atoms with Crippen LogP contribution >= 0.6 is 0 Å². The lowest BCUT2D eigenvalue weighted by atomic mass is 9.74. The van der Waals surface area contributed by atoms with Crippen molar-refractivity contribution in [3.05, 3.63) is 41.8 Å². The fourth-order valence-corrected chi connectivity index (χ4v) is 5.64. The van der Waals surface area contributed by atoms with Crippen LogP contribution in [0.15, 0.2) is 30.5 Å². The largest absolute Gasteiger partial charge is 0.351 e. The Morgan fingerprint density at radius 3 is 2.31 bits per heavy atom. The van der Waals surface area contributed by atoms with E-state index in [0.29, 0.717) is 23.7 Å². The van der Waals surface area contributed by atoms with Crippen LogP contribution in [0.5, 0.6) is 0 Å². The molecule has 0 saturated heterocycles. The summed E-state index contributed by atoms with van der Waals surface area (Å²) in [6, 6.07) is 6.97. The molecule has 0 bridgehead atoms. The van der Waals surface area contributed by atoms with Gasteiger partial charge in [0.25, 0.3) is 0 Å². The zero-order chi connectivity index (χ0) is 21.0. The molecule has 0 spiro atoms. The van der Waals surface area contributed by atoms with Crippen LogP contribution < -0.4 is 5.32 Å². The number of amides is 1. The molecule has 2 saturated carbocycles. The molecule has 1 amide bonds. The van der Waals surface area contributed by atoms with Gasteiger partial charge in [0.1, 0.15) is 5.82 Å². The molecule has 1 heterocycles. The first-order chi connectivity index (χ1) is 13.5. The SMILES string of the molecule is CC(C)(C)NC(=O)C(C)(C)[C@H]1C[C@H]2C[C@@H](c3ccnc4ccc(F)cc34)C[C@H]2C1. The van der Waals surface area contributed by atoms with Crippen molar-refractivity contribution in [2.45, 2.75) is 71.8 Å². The quantitative estimate of drug-likeness (QED) is 0.709. The predicted octanol–water partition coefficient (Wildman–Crippen LogP) is 5.83. The van der Waals surface area contributed by atoms with Crippen LogP contribution in [0.2, 0.25) is 0 Å². The van der Waals surface area contributed by atoms with E-state index in [-0.39, 0.29) is 22.7 Å². The maximum absolute atomic E-state index is 13.8. The Morgan fingerprint density at radius 2 is 1.69 bits per heavy atom. The van der Waals surface area contributed by atoms with Crippen LogP contribution in [0.4, 0.5) is 4.39 Å². The predicted molar refractivity (Wildman–Crippen MR) is 115 cm³/mol. The van der Waals surface area contributed by atoms with Gasteiger partial charge in [-0.3, -0.25) is 9.78 Å². The fraction of sp³-hybridized carbons (Fsp3) is 0.600. The van der Waals surface area contributed by atoms with Gasteiger partial charge in [0.05, 0.1) is 5.52 Å². The summed E-state index contributed by atoms with van der Waals surface area (Å²) >= 11 is 0. The molecule has 29 heavy (non-hydrogen) atoms. The van der Waals surface area contributed by atoms with E-state index in [1.54, 1.807) is 12.1 Å². The third-order valence-electron chi connectivity index (χ3n) is 7.29. The Kier molecular flexibility index (Phi) is 4.95. The molecule has 0 unspecified atom stereocenters. The van der Waals surface area contributed by atoms with E-state index in [1.165, 1.54) is 11.6 Å². The number of nitrogens with one attached hydrogen (secondary N) is 1. The summed E-state index contributed by atoms with van der Waals surface area (Å²) in [4.78, 5) is 17.3. The van der Waals surface area contributed by atoms with Crippen molar-refractivity contribution in [2.24, 2.45) is 23.2 Å². The second kappa shape index (κ2) is 7.07. The summed E-state index contributed by atoms with van der Waals surface area (Å²) in [6.07, 6.45) is 6.35. The standard InChI is InChI=1S/C25H33FN2O/c1-24(2,3)28-23(29)25(4,5)18-12-15-10-17(11-16(15)13-18)20-8-9-27-22-7-6-19(26)14-21(20)22/h6-9,14-18H,10-13H2,1-5H3,(H,28,29)/t15-,16+,17-,18+. The van der Waals surface area contributed by atoms with Crippen molar-refractivity contribution in [3.63, 3.8) is 0 Å². The first-order valence-corrected chi connectivity index (χ1v) is 10.9. The minimum atomic E-state index is -0.348. The molecule has 4 rings (SSSR count). The monoisotopic (exact) mass is 396 g/mol. The number of rotatable bonds is 3. The van der Waals surface area contributed by atoms with Gasteiger partial charge in [-0.15, -0.1) is 0 Å².